The number of aromatic nitrogens is 2. The molecule has 38 heavy (non-hydrogen) atoms. The van der Waals surface area contributed by atoms with Crippen molar-refractivity contribution in [1.82, 2.24) is 14.5 Å². The van der Waals surface area contributed by atoms with E-state index >= 15 is 0 Å². The fourth-order valence-electron chi connectivity index (χ4n) is 4.98. The van der Waals surface area contributed by atoms with Gasteiger partial charge in [0.15, 0.2) is 5.43 Å². The highest BCUT2D eigenvalue weighted by Crippen LogP contribution is 2.33. The Labute approximate surface area is 228 Å². The van der Waals surface area contributed by atoms with Crippen molar-refractivity contribution in [2.75, 3.05) is 51.3 Å². The van der Waals surface area contributed by atoms with Crippen LogP contribution >= 0.6 is 11.6 Å². The van der Waals surface area contributed by atoms with Gasteiger partial charge in [-0.1, -0.05) is 44.5 Å². The number of hydrogen-bond donors (Lipinski definition) is 2. The number of ether oxygens (including phenoxy) is 1. The number of aryl methyl sites for hydroxylation is 1. The van der Waals surface area contributed by atoms with Gasteiger partial charge >= 0.3 is 0 Å². The molecule has 0 bridgehead atoms. The number of nitrogens with zero attached hydrogens (tertiary/aromatic N) is 3. The first-order chi connectivity index (χ1) is 18.1. The van der Waals surface area contributed by atoms with E-state index in [9.17, 15) is 14.3 Å². The van der Waals surface area contributed by atoms with Crippen molar-refractivity contribution in [3.8, 4) is 0 Å². The van der Waals surface area contributed by atoms with Gasteiger partial charge in [-0.05, 0) is 48.6 Å². The molecule has 3 aromatic rings. The summed E-state index contributed by atoms with van der Waals surface area (Å²) in [5.74, 6) is 0.128. The highest BCUT2D eigenvalue weighted by atomic mass is 35.5. The number of halogens is 2. The lowest BCUT2D eigenvalue weighted by Gasteiger charge is -2.32. The van der Waals surface area contributed by atoms with Gasteiger partial charge in [-0.2, -0.15) is 0 Å². The van der Waals surface area contributed by atoms with Crippen molar-refractivity contribution < 1.29 is 14.2 Å². The van der Waals surface area contributed by atoms with Crippen molar-refractivity contribution in [3.63, 3.8) is 0 Å². The number of nitrogens with one attached hydrogen (secondary N) is 1. The third kappa shape index (κ3) is 6.37. The first-order valence-corrected chi connectivity index (χ1v) is 13.6. The summed E-state index contributed by atoms with van der Waals surface area (Å²) >= 11 is 6.05. The Balaban J connectivity index is 1.76. The predicted octanol–water partition coefficient (Wildman–Crippen LogP) is 4.80. The minimum atomic E-state index is -0.470. The lowest BCUT2D eigenvalue weighted by molar-refractivity contribution is 0.0378. The number of fused-ring (bicyclic) bond motifs is 1. The number of hydrogen-bond acceptors (Lipinski definition) is 6. The quantitative estimate of drug-likeness (QED) is 0.377. The summed E-state index contributed by atoms with van der Waals surface area (Å²) in [7, 11) is 0. The smallest absolute Gasteiger partial charge is 0.193 e. The number of morpholine rings is 1. The summed E-state index contributed by atoms with van der Waals surface area (Å²) in [5.41, 5.74) is 1.82. The van der Waals surface area contributed by atoms with Crippen LogP contribution in [0.2, 0.25) is 5.02 Å². The number of aliphatic hydroxyl groups excluding tert-OH is 1. The second kappa shape index (κ2) is 12.1. The summed E-state index contributed by atoms with van der Waals surface area (Å²) < 4.78 is 22.2. The number of pyridine rings is 2. The van der Waals surface area contributed by atoms with Crippen LogP contribution in [0.25, 0.3) is 11.0 Å². The molecule has 1 atom stereocenters. The summed E-state index contributed by atoms with van der Waals surface area (Å²) in [6.45, 7) is 12.8. The van der Waals surface area contributed by atoms with Crippen molar-refractivity contribution in [2.24, 2.45) is 5.41 Å². The van der Waals surface area contributed by atoms with Gasteiger partial charge in [0.25, 0.3) is 0 Å². The summed E-state index contributed by atoms with van der Waals surface area (Å²) in [6.07, 6.45) is 2.91. The highest BCUT2D eigenvalue weighted by molar-refractivity contribution is 6.30. The molecular weight excluding hydrogens is 507 g/mol. The fraction of sp³-hybridized carbons (Fsp3) is 0.517. The van der Waals surface area contributed by atoms with Crippen LogP contribution in [0.5, 0.6) is 0 Å². The van der Waals surface area contributed by atoms with E-state index < -0.39 is 5.82 Å². The first-order valence-electron chi connectivity index (χ1n) is 13.2. The average Bonchev–Trinajstić information content (AvgIpc) is 2.88. The number of benzene rings is 1. The van der Waals surface area contributed by atoms with Crippen LogP contribution in [0.15, 0.2) is 35.3 Å². The van der Waals surface area contributed by atoms with E-state index in [2.05, 4.69) is 10.2 Å². The van der Waals surface area contributed by atoms with Crippen molar-refractivity contribution in [1.29, 1.82) is 0 Å². The van der Waals surface area contributed by atoms with Gasteiger partial charge in [-0.15, -0.1) is 0 Å². The average molecular weight is 545 g/mol. The van der Waals surface area contributed by atoms with Crippen LogP contribution in [-0.4, -0.2) is 65.6 Å². The topological polar surface area (TPSA) is 79.6 Å². The van der Waals surface area contributed by atoms with E-state index in [1.807, 2.05) is 31.4 Å². The maximum Gasteiger partial charge on any atom is 0.193 e. The SMILES string of the molecule is Cc1cn([C@H](CO)C(C)(C)C)c2nc(NCCCN3CCOCC3)c(Cc3cccc(Cl)c3F)cc2c1=O. The van der Waals surface area contributed by atoms with E-state index in [1.165, 1.54) is 6.07 Å². The Morgan fingerprint density at radius 2 is 1.97 bits per heavy atom. The molecule has 1 aliphatic heterocycles. The molecule has 1 aliphatic rings. The van der Waals surface area contributed by atoms with Crippen LogP contribution < -0.4 is 10.7 Å². The van der Waals surface area contributed by atoms with E-state index in [1.54, 1.807) is 25.3 Å². The monoisotopic (exact) mass is 544 g/mol. The summed E-state index contributed by atoms with van der Waals surface area (Å²) in [6, 6.07) is 6.46. The molecule has 4 rings (SSSR count). The van der Waals surface area contributed by atoms with Gasteiger partial charge in [-0.3, -0.25) is 9.69 Å². The molecule has 2 aromatic heterocycles. The second-order valence-corrected chi connectivity index (χ2v) is 11.5. The number of rotatable bonds is 9. The maximum atomic E-state index is 14.9. The Kier molecular flexibility index (Phi) is 9.08. The van der Waals surface area contributed by atoms with Crippen LogP contribution in [-0.2, 0) is 11.2 Å². The highest BCUT2D eigenvalue weighted by Gasteiger charge is 2.28. The Morgan fingerprint density at radius 1 is 1.24 bits per heavy atom. The fourth-order valence-corrected chi connectivity index (χ4v) is 5.17. The molecule has 7 nitrogen and oxygen atoms in total. The molecule has 2 N–H and O–H groups in total. The van der Waals surface area contributed by atoms with Gasteiger partial charge < -0.3 is 19.7 Å². The van der Waals surface area contributed by atoms with E-state index in [4.69, 9.17) is 21.3 Å². The molecule has 0 aliphatic carbocycles. The molecule has 206 valence electrons. The summed E-state index contributed by atoms with van der Waals surface area (Å²) in [5, 5.41) is 14.3. The van der Waals surface area contributed by atoms with E-state index in [0.29, 0.717) is 34.5 Å². The molecule has 3 heterocycles. The standard InChI is InChI=1S/C29H38ClFN4O3/c1-19-17-35(24(18-36)29(2,3)4)28-22(26(19)37)16-21(15-20-7-5-8-23(30)25(20)31)27(33-28)32-9-6-10-34-11-13-38-14-12-34/h5,7-8,16-17,24,36H,6,9-15,18H2,1-4H3,(H,32,33)/t24-/m1/s1. The molecule has 1 saturated heterocycles. The van der Waals surface area contributed by atoms with E-state index in [0.717, 1.165) is 44.8 Å². The van der Waals surface area contributed by atoms with Gasteiger partial charge in [0.2, 0.25) is 0 Å². The molecule has 9 heteroatoms. The second-order valence-electron chi connectivity index (χ2n) is 11.1. The lowest BCUT2D eigenvalue weighted by Crippen LogP contribution is -2.37. The van der Waals surface area contributed by atoms with Crippen LogP contribution in [0, 0.1) is 18.2 Å². The molecule has 0 saturated carbocycles. The van der Waals surface area contributed by atoms with Gasteiger partial charge in [0, 0.05) is 37.8 Å². The van der Waals surface area contributed by atoms with Gasteiger partial charge in [-0.25, -0.2) is 9.37 Å². The first kappa shape index (κ1) is 28.5. The molecule has 1 aromatic carbocycles. The van der Waals surface area contributed by atoms with Crippen LogP contribution in [0.1, 0.15) is 49.9 Å². The van der Waals surface area contributed by atoms with Crippen LogP contribution in [0.4, 0.5) is 10.2 Å². The molecule has 0 radical (unpaired) electrons. The van der Waals surface area contributed by atoms with E-state index in [-0.39, 0.29) is 34.9 Å². The molecule has 0 unspecified atom stereocenters. The van der Waals surface area contributed by atoms with Gasteiger partial charge in [0.1, 0.15) is 17.3 Å². The maximum absolute atomic E-state index is 14.9. The minimum Gasteiger partial charge on any atom is -0.394 e. The van der Waals surface area contributed by atoms with Crippen molar-refractivity contribution in [3.05, 3.63) is 68.2 Å². The lowest BCUT2D eigenvalue weighted by atomic mass is 9.86. The molecule has 0 spiro atoms. The third-order valence-electron chi connectivity index (χ3n) is 7.23. The summed E-state index contributed by atoms with van der Waals surface area (Å²) in [4.78, 5) is 20.6. The molecule has 0 amide bonds. The molecule has 1 fully saturated rings. The molecular formula is C29H38ClFN4O3. The number of anilines is 1. The normalized spacial score (nSPS) is 15.7. The minimum absolute atomic E-state index is 0.0606. The van der Waals surface area contributed by atoms with Crippen molar-refractivity contribution >= 4 is 28.5 Å². The van der Waals surface area contributed by atoms with Crippen molar-refractivity contribution in [2.45, 2.75) is 46.6 Å². The Hall–Kier alpha value is -2.52. The van der Waals surface area contributed by atoms with Gasteiger partial charge in [0.05, 0.1) is 36.3 Å². The number of aliphatic hydroxyl groups is 1. The Bertz CT molecular complexity index is 1330. The zero-order valence-corrected chi connectivity index (χ0v) is 23.4. The predicted molar refractivity (Wildman–Crippen MR) is 151 cm³/mol. The third-order valence-corrected chi connectivity index (χ3v) is 7.52. The van der Waals surface area contributed by atoms with Crippen LogP contribution in [0.3, 0.4) is 0 Å². The Morgan fingerprint density at radius 3 is 2.66 bits per heavy atom. The largest absolute Gasteiger partial charge is 0.394 e. The zero-order chi connectivity index (χ0) is 27.4. The zero-order valence-electron chi connectivity index (χ0n) is 22.7.